The summed E-state index contributed by atoms with van der Waals surface area (Å²) in [6, 6.07) is 22.5. The minimum atomic E-state index is -0.418. The smallest absolute Gasteiger partial charge is 0.320 e. The Kier molecular flexibility index (Phi) is 9.79. The molecule has 0 atom stereocenters. The van der Waals surface area contributed by atoms with Crippen molar-refractivity contribution < 1.29 is 9.59 Å². The molecule has 0 fully saturated rings. The number of hydrogen-bond acceptors (Lipinski definition) is 5. The maximum atomic E-state index is 13.5. The normalized spacial score (nSPS) is 13.6. The molecule has 3 amide bonds. The first-order chi connectivity index (χ1) is 19.0. The van der Waals surface area contributed by atoms with Crippen LogP contribution in [0.1, 0.15) is 47.2 Å². The molecule has 4 N–H and O–H groups in total. The number of nitrogens with two attached hydrogens (primary N) is 1. The standard InChI is InChI=1S/C29H30IN7O2/c1-32-36-28(35-31)34-27(38)23-12-10-20(11-13-23)19-37(29(39)33-25-9-5-8-24(30)18-25)26-16-14-22(15-17-26)21-6-3-2-4-7-21/h5-6,8-18H,2-4,7,19,31H2,1H3,(H,33,39)(H,34,35,38). The third kappa shape index (κ3) is 7.73. The van der Waals surface area contributed by atoms with E-state index in [4.69, 9.17) is 5.84 Å². The third-order valence-corrected chi connectivity index (χ3v) is 6.93. The highest BCUT2D eigenvalue weighted by Crippen LogP contribution is 2.29. The van der Waals surface area contributed by atoms with Crippen molar-refractivity contribution in [3.63, 3.8) is 0 Å². The van der Waals surface area contributed by atoms with E-state index in [1.165, 1.54) is 31.0 Å². The van der Waals surface area contributed by atoms with Crippen molar-refractivity contribution >= 4 is 57.4 Å². The van der Waals surface area contributed by atoms with Crippen LogP contribution in [0.25, 0.3) is 5.57 Å². The molecule has 0 spiro atoms. The van der Waals surface area contributed by atoms with Gasteiger partial charge < -0.3 is 11.2 Å². The molecule has 0 heterocycles. The number of allylic oxidation sites excluding steroid dienone is 2. The third-order valence-electron chi connectivity index (χ3n) is 6.26. The summed E-state index contributed by atoms with van der Waals surface area (Å²) < 4.78 is 1.03. The fraction of sp³-hybridized carbons (Fsp3) is 0.207. The number of amides is 3. The van der Waals surface area contributed by atoms with E-state index in [0.29, 0.717) is 12.1 Å². The minimum absolute atomic E-state index is 0.0857. The molecule has 0 aromatic heterocycles. The number of hydrogen-bond donors (Lipinski definition) is 3. The molecular weight excluding hydrogens is 605 g/mol. The van der Waals surface area contributed by atoms with Crippen molar-refractivity contribution in [2.45, 2.75) is 32.2 Å². The van der Waals surface area contributed by atoms with E-state index in [-0.39, 0.29) is 12.0 Å². The first-order valence-electron chi connectivity index (χ1n) is 12.6. The Hall–Kier alpha value is -4.06. The predicted molar refractivity (Wildman–Crippen MR) is 164 cm³/mol. The molecular formula is C29H30IN7O2. The van der Waals surface area contributed by atoms with E-state index in [2.05, 4.69) is 66.8 Å². The van der Waals surface area contributed by atoms with E-state index >= 15 is 0 Å². The summed E-state index contributed by atoms with van der Waals surface area (Å²) >= 11 is 2.22. The maximum absolute atomic E-state index is 13.5. The Labute approximate surface area is 241 Å². The number of carbonyl (C=O) groups excluding carboxylic acids is 2. The van der Waals surface area contributed by atoms with Crippen molar-refractivity contribution in [1.82, 2.24) is 5.32 Å². The van der Waals surface area contributed by atoms with Gasteiger partial charge in [0, 0.05) is 27.6 Å². The number of hydrazone groups is 1. The van der Waals surface area contributed by atoms with Gasteiger partial charge in [-0.25, -0.2) is 4.79 Å². The Morgan fingerprint density at radius 3 is 2.44 bits per heavy atom. The van der Waals surface area contributed by atoms with Crippen LogP contribution in [0.2, 0.25) is 0 Å². The Balaban J connectivity index is 1.55. The second-order valence-corrected chi connectivity index (χ2v) is 10.2. The summed E-state index contributed by atoms with van der Waals surface area (Å²) in [5.74, 6) is 4.73. The summed E-state index contributed by atoms with van der Waals surface area (Å²) in [4.78, 5) is 27.7. The van der Waals surface area contributed by atoms with Crippen molar-refractivity contribution in [2.75, 3.05) is 17.3 Å². The molecule has 0 saturated heterocycles. The fourth-order valence-corrected chi connectivity index (χ4v) is 4.83. The molecule has 1 aliphatic rings. The van der Waals surface area contributed by atoms with Crippen molar-refractivity contribution in [2.24, 2.45) is 21.2 Å². The summed E-state index contributed by atoms with van der Waals surface area (Å²) in [6.45, 7) is 0.305. The Morgan fingerprint density at radius 1 is 1.03 bits per heavy atom. The molecule has 10 heteroatoms. The molecule has 3 aromatic carbocycles. The van der Waals surface area contributed by atoms with E-state index in [0.717, 1.165) is 33.4 Å². The molecule has 0 bridgehead atoms. The van der Waals surface area contributed by atoms with Crippen molar-refractivity contribution in [3.05, 3.63) is 99.1 Å². The largest absolute Gasteiger partial charge is 0.326 e. The molecule has 0 aliphatic heterocycles. The molecule has 1 aliphatic carbocycles. The number of nitrogens with one attached hydrogen (secondary N) is 2. The van der Waals surface area contributed by atoms with Gasteiger partial charge in [-0.05, 0) is 107 Å². The van der Waals surface area contributed by atoms with Gasteiger partial charge in [0.05, 0.1) is 6.54 Å². The average molecular weight is 636 g/mol. The number of urea groups is 1. The molecule has 0 unspecified atom stereocenters. The Morgan fingerprint density at radius 2 is 1.79 bits per heavy atom. The van der Waals surface area contributed by atoms with Crippen LogP contribution in [-0.2, 0) is 6.54 Å². The van der Waals surface area contributed by atoms with E-state index in [1.807, 2.05) is 48.5 Å². The van der Waals surface area contributed by atoms with Crippen LogP contribution in [0.15, 0.2) is 94.2 Å². The van der Waals surface area contributed by atoms with Gasteiger partial charge in [-0.2, -0.15) is 5.11 Å². The topological polar surface area (TPSA) is 125 Å². The Bertz CT molecular complexity index is 1400. The zero-order chi connectivity index (χ0) is 27.6. The zero-order valence-electron chi connectivity index (χ0n) is 21.6. The number of azo groups is 1. The van der Waals surface area contributed by atoms with Gasteiger partial charge >= 0.3 is 6.03 Å². The van der Waals surface area contributed by atoms with Gasteiger partial charge in [0.1, 0.15) is 0 Å². The summed E-state index contributed by atoms with van der Waals surface area (Å²) in [5, 5.41) is 16.1. The molecule has 39 heavy (non-hydrogen) atoms. The minimum Gasteiger partial charge on any atom is -0.320 e. The van der Waals surface area contributed by atoms with E-state index in [9.17, 15) is 9.59 Å². The van der Waals surface area contributed by atoms with Crippen LogP contribution in [0.5, 0.6) is 0 Å². The number of nitrogens with zero attached hydrogens (tertiary/aromatic N) is 4. The first kappa shape index (κ1) is 28.0. The number of anilines is 2. The predicted octanol–water partition coefficient (Wildman–Crippen LogP) is 6.53. The highest BCUT2D eigenvalue weighted by molar-refractivity contribution is 14.1. The van der Waals surface area contributed by atoms with Gasteiger partial charge in [0.15, 0.2) is 0 Å². The average Bonchev–Trinajstić information content (AvgIpc) is 2.96. The summed E-state index contributed by atoms with van der Waals surface area (Å²) in [7, 11) is 1.45. The van der Waals surface area contributed by atoms with Gasteiger partial charge in [-0.1, -0.05) is 36.4 Å². The van der Waals surface area contributed by atoms with E-state index < -0.39 is 5.91 Å². The highest BCUT2D eigenvalue weighted by atomic mass is 127. The molecule has 3 aromatic rings. The zero-order valence-corrected chi connectivity index (χ0v) is 23.8. The lowest BCUT2D eigenvalue weighted by atomic mass is 9.93. The monoisotopic (exact) mass is 635 g/mol. The van der Waals surface area contributed by atoms with Gasteiger partial charge in [0.2, 0.25) is 0 Å². The van der Waals surface area contributed by atoms with Crippen LogP contribution in [0, 0.1) is 3.57 Å². The van der Waals surface area contributed by atoms with Crippen molar-refractivity contribution in [3.8, 4) is 0 Å². The summed E-state index contributed by atoms with van der Waals surface area (Å²) in [5.41, 5.74) is 5.29. The van der Waals surface area contributed by atoms with Gasteiger partial charge in [-0.3, -0.25) is 15.0 Å². The number of guanidine groups is 1. The number of benzene rings is 3. The maximum Gasteiger partial charge on any atom is 0.326 e. The van der Waals surface area contributed by atoms with E-state index in [1.54, 1.807) is 17.0 Å². The first-order valence-corrected chi connectivity index (χ1v) is 13.7. The molecule has 0 radical (unpaired) electrons. The molecule has 0 saturated carbocycles. The van der Waals surface area contributed by atoms with Crippen molar-refractivity contribution in [1.29, 1.82) is 0 Å². The lowest BCUT2D eigenvalue weighted by molar-refractivity contribution is 0.0976. The van der Waals surface area contributed by atoms with Gasteiger partial charge in [-0.15, -0.1) is 10.2 Å². The molecule has 4 rings (SSSR count). The number of halogens is 1. The number of carbonyl (C=O) groups is 2. The lowest BCUT2D eigenvalue weighted by Crippen LogP contribution is -2.34. The summed E-state index contributed by atoms with van der Waals surface area (Å²) in [6.07, 6.45) is 6.94. The quantitative estimate of drug-likeness (QED) is 0.0713. The SMILES string of the molecule is CN=NC(=NN)NC(=O)c1ccc(CN(C(=O)Nc2cccc(I)c2)c2ccc(C3=CCCCC3)cc2)cc1. The highest BCUT2D eigenvalue weighted by Gasteiger charge is 2.18. The van der Waals surface area contributed by atoms with Gasteiger partial charge in [0.25, 0.3) is 11.9 Å². The van der Waals surface area contributed by atoms with Crippen LogP contribution >= 0.6 is 22.6 Å². The molecule has 200 valence electrons. The fourth-order valence-electron chi connectivity index (χ4n) is 4.29. The second-order valence-electron chi connectivity index (χ2n) is 8.95. The van der Waals surface area contributed by atoms with Crippen LogP contribution in [-0.4, -0.2) is 24.9 Å². The van der Waals surface area contributed by atoms with Crippen LogP contribution < -0.4 is 21.4 Å². The lowest BCUT2D eigenvalue weighted by Gasteiger charge is -2.24. The van der Waals surface area contributed by atoms with Crippen LogP contribution in [0.4, 0.5) is 16.2 Å². The molecule has 9 nitrogen and oxygen atoms in total. The second kappa shape index (κ2) is 13.7. The number of rotatable bonds is 6. The van der Waals surface area contributed by atoms with Crippen LogP contribution in [0.3, 0.4) is 0 Å².